The summed E-state index contributed by atoms with van der Waals surface area (Å²) in [5.41, 5.74) is 6.03. The van der Waals surface area contributed by atoms with Crippen molar-refractivity contribution in [3.8, 4) is 0 Å². The second kappa shape index (κ2) is 6.13. The molecule has 1 aromatic rings. The molecule has 1 rings (SSSR count). The van der Waals surface area contributed by atoms with Crippen molar-refractivity contribution in [3.63, 3.8) is 0 Å². The molecule has 1 atom stereocenters. The minimum Gasteiger partial charge on any atom is -0.444 e. The summed E-state index contributed by atoms with van der Waals surface area (Å²) in [6.45, 7) is 7.01. The highest BCUT2D eigenvalue weighted by Crippen LogP contribution is 2.21. The lowest BCUT2D eigenvalue weighted by atomic mass is 10.0. The lowest BCUT2D eigenvalue weighted by Gasteiger charge is -2.22. The third-order valence-corrected chi connectivity index (χ3v) is 2.89. The second-order valence-electron chi connectivity index (χ2n) is 5.49. The van der Waals surface area contributed by atoms with Crippen LogP contribution in [0.15, 0.2) is 18.2 Å². The van der Waals surface area contributed by atoms with E-state index in [4.69, 9.17) is 22.1 Å². The number of nitrogens with one attached hydrogen (secondary N) is 1. The molecule has 2 amide bonds. The first-order chi connectivity index (χ1) is 9.10. The molecular weight excluding hydrogens is 280 g/mol. The first-order valence-electron chi connectivity index (χ1n) is 6.15. The number of carbonyl (C=O) groups excluding carboxylic acids is 2. The van der Waals surface area contributed by atoms with Gasteiger partial charge in [-0.05, 0) is 44.9 Å². The molecule has 110 valence electrons. The minimum atomic E-state index is -0.958. The molecule has 6 heteroatoms. The van der Waals surface area contributed by atoms with Crippen molar-refractivity contribution in [1.82, 2.24) is 5.32 Å². The van der Waals surface area contributed by atoms with E-state index in [0.717, 1.165) is 5.56 Å². The largest absolute Gasteiger partial charge is 0.444 e. The van der Waals surface area contributed by atoms with Gasteiger partial charge < -0.3 is 15.8 Å². The summed E-state index contributed by atoms with van der Waals surface area (Å²) in [6.07, 6.45) is -0.700. The molecule has 0 aliphatic rings. The predicted molar refractivity (Wildman–Crippen MR) is 77.5 cm³/mol. The molecule has 5 nitrogen and oxygen atoms in total. The maximum Gasteiger partial charge on any atom is 0.408 e. The molecule has 0 aliphatic carbocycles. The zero-order valence-corrected chi connectivity index (χ0v) is 12.7. The van der Waals surface area contributed by atoms with Gasteiger partial charge in [-0.15, -0.1) is 0 Å². The van der Waals surface area contributed by atoms with Crippen LogP contribution in [0.1, 0.15) is 37.9 Å². The van der Waals surface area contributed by atoms with Gasteiger partial charge in [0.15, 0.2) is 0 Å². The van der Waals surface area contributed by atoms with E-state index in [1.54, 1.807) is 45.9 Å². The van der Waals surface area contributed by atoms with Gasteiger partial charge in [-0.2, -0.15) is 0 Å². The zero-order chi connectivity index (χ0) is 15.5. The first kappa shape index (κ1) is 16.3. The van der Waals surface area contributed by atoms with E-state index in [2.05, 4.69) is 5.32 Å². The SMILES string of the molecule is Cc1cc(C(NC(=O)OC(C)(C)C)C(N)=O)ccc1Cl. The molecule has 0 aromatic heterocycles. The van der Waals surface area contributed by atoms with Gasteiger partial charge in [0.05, 0.1) is 0 Å². The summed E-state index contributed by atoms with van der Waals surface area (Å²) >= 11 is 5.93. The minimum absolute atomic E-state index is 0.560. The van der Waals surface area contributed by atoms with Gasteiger partial charge in [-0.25, -0.2) is 4.79 Å². The van der Waals surface area contributed by atoms with E-state index in [1.165, 1.54) is 0 Å². The molecule has 0 saturated heterocycles. The Balaban J connectivity index is 2.92. The van der Waals surface area contributed by atoms with Gasteiger partial charge in [0, 0.05) is 5.02 Å². The Hall–Kier alpha value is -1.75. The van der Waals surface area contributed by atoms with E-state index in [0.29, 0.717) is 10.6 Å². The van der Waals surface area contributed by atoms with Crippen molar-refractivity contribution >= 4 is 23.6 Å². The Labute approximate surface area is 123 Å². The van der Waals surface area contributed by atoms with Crippen LogP contribution >= 0.6 is 11.6 Å². The Morgan fingerprint density at radius 3 is 2.40 bits per heavy atom. The summed E-state index contributed by atoms with van der Waals surface area (Å²) < 4.78 is 5.11. The standard InChI is InChI=1S/C14H19ClN2O3/c1-8-7-9(5-6-10(8)15)11(12(16)18)17-13(19)20-14(2,3)4/h5-7,11H,1-4H3,(H2,16,18)(H,17,19). The third kappa shape index (κ3) is 4.74. The summed E-state index contributed by atoms with van der Waals surface area (Å²) in [4.78, 5) is 23.2. The molecule has 0 bridgehead atoms. The molecule has 1 unspecified atom stereocenters. The number of hydrogen-bond donors (Lipinski definition) is 2. The van der Waals surface area contributed by atoms with E-state index in [9.17, 15) is 9.59 Å². The number of rotatable bonds is 3. The van der Waals surface area contributed by atoms with E-state index < -0.39 is 23.6 Å². The Bertz CT molecular complexity index is 524. The molecule has 0 fully saturated rings. The van der Waals surface area contributed by atoms with Gasteiger partial charge >= 0.3 is 6.09 Å². The van der Waals surface area contributed by atoms with Gasteiger partial charge in [-0.1, -0.05) is 23.7 Å². The van der Waals surface area contributed by atoms with Crippen molar-refractivity contribution in [3.05, 3.63) is 34.3 Å². The van der Waals surface area contributed by atoms with Gasteiger partial charge in [-0.3, -0.25) is 4.79 Å². The predicted octanol–water partition coefficient (Wildman–Crippen LogP) is 2.70. The van der Waals surface area contributed by atoms with Crippen LogP contribution in [-0.2, 0) is 9.53 Å². The van der Waals surface area contributed by atoms with Gasteiger partial charge in [0.1, 0.15) is 11.6 Å². The number of halogens is 1. The van der Waals surface area contributed by atoms with Crippen molar-refractivity contribution in [2.75, 3.05) is 0 Å². The van der Waals surface area contributed by atoms with Crippen molar-refractivity contribution in [2.45, 2.75) is 39.3 Å². The van der Waals surface area contributed by atoms with Crippen LogP contribution in [0.4, 0.5) is 4.79 Å². The number of alkyl carbamates (subject to hydrolysis) is 1. The fraction of sp³-hybridized carbons (Fsp3) is 0.429. The highest BCUT2D eigenvalue weighted by molar-refractivity contribution is 6.31. The maximum absolute atomic E-state index is 11.7. The van der Waals surface area contributed by atoms with Crippen LogP contribution in [-0.4, -0.2) is 17.6 Å². The van der Waals surface area contributed by atoms with Crippen LogP contribution < -0.4 is 11.1 Å². The maximum atomic E-state index is 11.7. The molecule has 3 N–H and O–H groups in total. The van der Waals surface area contributed by atoms with Crippen molar-refractivity contribution in [2.24, 2.45) is 5.73 Å². The fourth-order valence-corrected chi connectivity index (χ4v) is 1.71. The second-order valence-corrected chi connectivity index (χ2v) is 5.90. The smallest absolute Gasteiger partial charge is 0.408 e. The molecule has 0 spiro atoms. The molecule has 0 radical (unpaired) electrons. The number of nitrogens with two attached hydrogens (primary N) is 1. The number of hydrogen-bond acceptors (Lipinski definition) is 3. The summed E-state index contributed by atoms with van der Waals surface area (Å²) in [6, 6.07) is 4.04. The number of benzene rings is 1. The monoisotopic (exact) mass is 298 g/mol. The Kier molecular flexibility index (Phi) is 5.00. The lowest BCUT2D eigenvalue weighted by molar-refractivity contribution is -0.120. The topological polar surface area (TPSA) is 81.4 Å². The van der Waals surface area contributed by atoms with Crippen LogP contribution in [0.5, 0.6) is 0 Å². The normalized spacial score (nSPS) is 12.7. The quantitative estimate of drug-likeness (QED) is 0.900. The number of carbonyl (C=O) groups is 2. The number of aryl methyl sites for hydroxylation is 1. The number of primary amides is 1. The lowest BCUT2D eigenvalue weighted by Crippen LogP contribution is -2.40. The zero-order valence-electron chi connectivity index (χ0n) is 12.0. The van der Waals surface area contributed by atoms with Crippen LogP contribution in [0.2, 0.25) is 5.02 Å². The molecule has 0 heterocycles. The highest BCUT2D eigenvalue weighted by atomic mass is 35.5. The average Bonchev–Trinajstić information content (AvgIpc) is 2.27. The molecular formula is C14H19ClN2O3. The van der Waals surface area contributed by atoms with Crippen molar-refractivity contribution in [1.29, 1.82) is 0 Å². The average molecular weight is 299 g/mol. The van der Waals surface area contributed by atoms with Crippen LogP contribution in [0.25, 0.3) is 0 Å². The molecule has 1 aromatic carbocycles. The van der Waals surface area contributed by atoms with E-state index in [1.807, 2.05) is 0 Å². The summed E-state index contributed by atoms with van der Waals surface area (Å²) in [5.74, 6) is -0.669. The summed E-state index contributed by atoms with van der Waals surface area (Å²) in [5, 5.41) is 3.04. The highest BCUT2D eigenvalue weighted by Gasteiger charge is 2.24. The van der Waals surface area contributed by atoms with Crippen LogP contribution in [0, 0.1) is 6.92 Å². The number of ether oxygens (including phenoxy) is 1. The van der Waals surface area contributed by atoms with E-state index in [-0.39, 0.29) is 0 Å². The van der Waals surface area contributed by atoms with E-state index >= 15 is 0 Å². The number of amides is 2. The van der Waals surface area contributed by atoms with Gasteiger partial charge in [0.25, 0.3) is 0 Å². The molecule has 0 aliphatic heterocycles. The Morgan fingerprint density at radius 2 is 1.95 bits per heavy atom. The molecule has 0 saturated carbocycles. The fourth-order valence-electron chi connectivity index (χ4n) is 1.59. The van der Waals surface area contributed by atoms with Gasteiger partial charge in [0.2, 0.25) is 5.91 Å². The van der Waals surface area contributed by atoms with Crippen LogP contribution in [0.3, 0.4) is 0 Å². The third-order valence-electron chi connectivity index (χ3n) is 2.46. The summed E-state index contributed by atoms with van der Waals surface area (Å²) in [7, 11) is 0. The van der Waals surface area contributed by atoms with Crippen molar-refractivity contribution < 1.29 is 14.3 Å². The first-order valence-corrected chi connectivity index (χ1v) is 6.53. The Morgan fingerprint density at radius 1 is 1.35 bits per heavy atom. The molecule has 20 heavy (non-hydrogen) atoms.